The van der Waals surface area contributed by atoms with Crippen LogP contribution >= 0.6 is 11.6 Å². The van der Waals surface area contributed by atoms with Gasteiger partial charge in [-0.2, -0.15) is 0 Å². The largest absolute Gasteiger partial charge is 0.467 e. The maximum Gasteiger partial charge on any atom is 0.287 e. The zero-order valence-corrected chi connectivity index (χ0v) is 19.3. The molecular formula is C26H22ClN3O5. The lowest BCUT2D eigenvalue weighted by Gasteiger charge is -2.32. The van der Waals surface area contributed by atoms with Crippen LogP contribution < -0.4 is 15.5 Å². The van der Waals surface area contributed by atoms with Crippen molar-refractivity contribution in [2.24, 2.45) is 0 Å². The molecule has 0 saturated carbocycles. The number of hydrogen-bond donors (Lipinski definition) is 2. The molecule has 0 radical (unpaired) electrons. The summed E-state index contributed by atoms with van der Waals surface area (Å²) < 4.78 is 10.4. The van der Waals surface area contributed by atoms with E-state index in [1.54, 1.807) is 66.7 Å². The van der Waals surface area contributed by atoms with Gasteiger partial charge in [0.2, 0.25) is 11.8 Å². The van der Waals surface area contributed by atoms with Crippen LogP contribution in [0.15, 0.2) is 100 Å². The average molecular weight is 492 g/mol. The summed E-state index contributed by atoms with van der Waals surface area (Å²) in [6.07, 6.45) is 2.87. The minimum absolute atomic E-state index is 0.0675. The molecule has 2 N–H and O–H groups in total. The summed E-state index contributed by atoms with van der Waals surface area (Å²) in [5.41, 5.74) is 0.892. The molecule has 0 spiro atoms. The van der Waals surface area contributed by atoms with Gasteiger partial charge in [-0.05, 0) is 42.0 Å². The van der Waals surface area contributed by atoms with Crippen molar-refractivity contribution in [3.63, 3.8) is 0 Å². The molecule has 35 heavy (non-hydrogen) atoms. The van der Waals surface area contributed by atoms with E-state index in [1.807, 2.05) is 6.07 Å². The molecule has 0 bridgehead atoms. The highest BCUT2D eigenvalue weighted by Crippen LogP contribution is 2.33. The van der Waals surface area contributed by atoms with Gasteiger partial charge in [0.05, 0.1) is 36.3 Å². The number of amides is 3. The number of benzene rings is 2. The molecule has 0 aliphatic heterocycles. The SMILES string of the molecule is O=C(NCC(=O)N(c1ccccc1Cl)[C@@H](C(=O)NCc1ccco1)c1ccccc1)c1ccco1. The minimum Gasteiger partial charge on any atom is -0.467 e. The maximum absolute atomic E-state index is 13.5. The van der Waals surface area contributed by atoms with E-state index in [1.165, 1.54) is 23.5 Å². The molecule has 2 aromatic carbocycles. The molecule has 0 aliphatic carbocycles. The van der Waals surface area contributed by atoms with E-state index >= 15 is 0 Å². The van der Waals surface area contributed by atoms with Crippen molar-refractivity contribution in [2.45, 2.75) is 12.6 Å². The number of rotatable bonds is 9. The smallest absolute Gasteiger partial charge is 0.287 e. The summed E-state index contributed by atoms with van der Waals surface area (Å²) in [6, 6.07) is 21.0. The molecule has 1 atom stereocenters. The molecule has 4 aromatic rings. The third-order valence-corrected chi connectivity index (χ3v) is 5.48. The first-order valence-electron chi connectivity index (χ1n) is 10.8. The summed E-state index contributed by atoms with van der Waals surface area (Å²) in [5.74, 6) is -0.913. The van der Waals surface area contributed by atoms with Gasteiger partial charge < -0.3 is 19.5 Å². The number of carbonyl (C=O) groups excluding carboxylic acids is 3. The van der Waals surface area contributed by atoms with Crippen LogP contribution in [-0.4, -0.2) is 24.3 Å². The number of anilines is 1. The normalized spacial score (nSPS) is 11.5. The number of halogens is 1. The Morgan fingerprint density at radius 3 is 2.23 bits per heavy atom. The van der Waals surface area contributed by atoms with Gasteiger partial charge in [-0.15, -0.1) is 0 Å². The topological polar surface area (TPSA) is 105 Å². The number of nitrogens with zero attached hydrogens (tertiary/aromatic N) is 1. The summed E-state index contributed by atoms with van der Waals surface area (Å²) in [4.78, 5) is 40.7. The van der Waals surface area contributed by atoms with Crippen LogP contribution in [0.25, 0.3) is 0 Å². The Bertz CT molecular complexity index is 1270. The molecular weight excluding hydrogens is 470 g/mol. The van der Waals surface area contributed by atoms with Gasteiger partial charge in [0.25, 0.3) is 5.91 Å². The molecule has 178 valence electrons. The maximum atomic E-state index is 13.5. The zero-order valence-electron chi connectivity index (χ0n) is 18.5. The number of para-hydroxylation sites is 1. The van der Waals surface area contributed by atoms with Crippen molar-refractivity contribution < 1.29 is 23.2 Å². The van der Waals surface area contributed by atoms with Crippen molar-refractivity contribution in [1.82, 2.24) is 10.6 Å². The molecule has 2 heterocycles. The van der Waals surface area contributed by atoms with Crippen LogP contribution in [0.3, 0.4) is 0 Å². The highest BCUT2D eigenvalue weighted by atomic mass is 35.5. The fraction of sp³-hybridized carbons (Fsp3) is 0.115. The molecule has 3 amide bonds. The first kappa shape index (κ1) is 23.8. The van der Waals surface area contributed by atoms with Gasteiger partial charge in [-0.3, -0.25) is 19.3 Å². The first-order chi connectivity index (χ1) is 17.0. The number of nitrogens with one attached hydrogen (secondary N) is 2. The van der Waals surface area contributed by atoms with Gasteiger partial charge in [0.15, 0.2) is 5.76 Å². The highest BCUT2D eigenvalue weighted by molar-refractivity contribution is 6.34. The molecule has 0 fully saturated rings. The predicted octanol–water partition coefficient (Wildman–Crippen LogP) is 4.35. The van der Waals surface area contributed by atoms with Crippen LogP contribution in [0.4, 0.5) is 5.69 Å². The number of hydrogen-bond acceptors (Lipinski definition) is 5. The van der Waals surface area contributed by atoms with E-state index < -0.39 is 23.8 Å². The van der Waals surface area contributed by atoms with Crippen molar-refractivity contribution in [3.8, 4) is 0 Å². The molecule has 4 rings (SSSR count). The van der Waals surface area contributed by atoms with Crippen LogP contribution in [0, 0.1) is 0 Å². The molecule has 9 heteroatoms. The standard InChI is InChI=1S/C26H22ClN3O5/c27-20-11-4-5-12-21(20)30(23(31)17-29-25(32)22-13-7-15-35-22)24(18-8-2-1-3-9-18)26(33)28-16-19-10-6-14-34-19/h1-15,24H,16-17H2,(H,28,33)(H,29,32)/t24-/m1/s1. The molecule has 8 nitrogen and oxygen atoms in total. The van der Waals surface area contributed by atoms with Gasteiger partial charge in [0.1, 0.15) is 11.8 Å². The number of furan rings is 2. The molecule has 0 unspecified atom stereocenters. The lowest BCUT2D eigenvalue weighted by molar-refractivity contribution is -0.126. The van der Waals surface area contributed by atoms with Crippen molar-refractivity contribution >= 4 is 35.0 Å². The second-order valence-electron chi connectivity index (χ2n) is 7.49. The average Bonchev–Trinajstić information content (AvgIpc) is 3.60. The summed E-state index contributed by atoms with van der Waals surface area (Å²) in [7, 11) is 0. The summed E-state index contributed by atoms with van der Waals surface area (Å²) in [5, 5.41) is 5.64. The number of carbonyl (C=O) groups is 3. The Kier molecular flexibility index (Phi) is 7.64. The Morgan fingerprint density at radius 2 is 1.54 bits per heavy atom. The highest BCUT2D eigenvalue weighted by Gasteiger charge is 2.34. The van der Waals surface area contributed by atoms with E-state index in [0.717, 1.165) is 0 Å². The quantitative estimate of drug-likeness (QED) is 0.362. The minimum atomic E-state index is -1.07. The Hall–Kier alpha value is -4.30. The first-order valence-corrected chi connectivity index (χ1v) is 11.2. The van der Waals surface area contributed by atoms with E-state index in [0.29, 0.717) is 17.0 Å². The van der Waals surface area contributed by atoms with Gasteiger partial charge in [-0.1, -0.05) is 54.1 Å². The Morgan fingerprint density at radius 1 is 0.829 bits per heavy atom. The van der Waals surface area contributed by atoms with E-state index in [9.17, 15) is 14.4 Å². The summed E-state index contributed by atoms with van der Waals surface area (Å²) >= 11 is 6.46. The summed E-state index contributed by atoms with van der Waals surface area (Å²) in [6.45, 7) is -0.255. The third-order valence-electron chi connectivity index (χ3n) is 5.16. The Balaban J connectivity index is 1.66. The lowest BCUT2D eigenvalue weighted by atomic mass is 10.0. The van der Waals surface area contributed by atoms with Crippen LogP contribution in [0.2, 0.25) is 5.02 Å². The van der Waals surface area contributed by atoms with E-state index in [-0.39, 0.29) is 23.9 Å². The van der Waals surface area contributed by atoms with Crippen LogP contribution in [-0.2, 0) is 16.1 Å². The fourth-order valence-corrected chi connectivity index (χ4v) is 3.76. The van der Waals surface area contributed by atoms with Gasteiger partial charge >= 0.3 is 0 Å². The van der Waals surface area contributed by atoms with Crippen LogP contribution in [0.1, 0.15) is 27.9 Å². The van der Waals surface area contributed by atoms with E-state index in [4.69, 9.17) is 20.4 Å². The third kappa shape index (κ3) is 5.80. The zero-order chi connectivity index (χ0) is 24.6. The van der Waals surface area contributed by atoms with Crippen molar-refractivity contribution in [1.29, 1.82) is 0 Å². The van der Waals surface area contributed by atoms with Crippen molar-refractivity contribution in [3.05, 3.63) is 113 Å². The fourth-order valence-electron chi connectivity index (χ4n) is 3.54. The van der Waals surface area contributed by atoms with Gasteiger partial charge in [-0.25, -0.2) is 0 Å². The molecule has 2 aromatic heterocycles. The van der Waals surface area contributed by atoms with E-state index in [2.05, 4.69) is 10.6 Å². The molecule has 0 saturated heterocycles. The Labute approximate surface area is 206 Å². The second-order valence-corrected chi connectivity index (χ2v) is 7.89. The second kappa shape index (κ2) is 11.2. The van der Waals surface area contributed by atoms with Gasteiger partial charge in [0, 0.05) is 0 Å². The lowest BCUT2D eigenvalue weighted by Crippen LogP contribution is -2.47. The van der Waals surface area contributed by atoms with Crippen LogP contribution in [0.5, 0.6) is 0 Å². The van der Waals surface area contributed by atoms with Crippen molar-refractivity contribution in [2.75, 3.05) is 11.4 Å². The molecule has 0 aliphatic rings. The monoisotopic (exact) mass is 491 g/mol. The predicted molar refractivity (Wildman–Crippen MR) is 130 cm³/mol.